The summed E-state index contributed by atoms with van der Waals surface area (Å²) in [6.07, 6.45) is 3.63. The molecule has 0 bridgehead atoms. The van der Waals surface area contributed by atoms with Gasteiger partial charge in [-0.25, -0.2) is 4.79 Å². The van der Waals surface area contributed by atoms with Crippen LogP contribution in [0.1, 0.15) is 33.5 Å². The van der Waals surface area contributed by atoms with E-state index in [2.05, 4.69) is 0 Å². The van der Waals surface area contributed by atoms with E-state index in [1.807, 2.05) is 47.2 Å². The number of halogens is 1. The summed E-state index contributed by atoms with van der Waals surface area (Å²) < 4.78 is 24.7. The molecule has 9 heteroatoms. The van der Waals surface area contributed by atoms with Gasteiger partial charge < -0.3 is 34.0 Å². The summed E-state index contributed by atoms with van der Waals surface area (Å²) in [5, 5.41) is 10.7. The number of nitrogens with zero attached hydrogens (tertiary/aromatic N) is 1. The first-order valence-electron chi connectivity index (χ1n) is 11.0. The molecule has 35 heavy (non-hydrogen) atoms. The van der Waals surface area contributed by atoms with Gasteiger partial charge in [-0.3, -0.25) is 0 Å². The fourth-order valence-electron chi connectivity index (χ4n) is 4.14. The molecule has 4 aromatic rings. The van der Waals surface area contributed by atoms with Crippen molar-refractivity contribution in [2.24, 2.45) is 5.73 Å². The number of aromatic carboxylic acids is 1. The normalized spacial score (nSPS) is 13.8. The second-order valence-corrected chi connectivity index (χ2v) is 8.45. The summed E-state index contributed by atoms with van der Waals surface area (Å²) >= 11 is 6.46. The Morgan fingerprint density at radius 2 is 2.06 bits per heavy atom. The zero-order chi connectivity index (χ0) is 24.4. The van der Waals surface area contributed by atoms with Crippen molar-refractivity contribution in [2.45, 2.75) is 19.1 Å². The minimum atomic E-state index is -1.10. The lowest BCUT2D eigenvalue weighted by molar-refractivity contribution is 0.0555. The number of ether oxygens (including phenoxy) is 3. The number of hydrogen-bond acceptors (Lipinski definition) is 6. The monoisotopic (exact) mass is 494 g/mol. The van der Waals surface area contributed by atoms with Gasteiger partial charge in [-0.05, 0) is 54.9 Å². The van der Waals surface area contributed by atoms with Crippen LogP contribution in [-0.4, -0.2) is 29.0 Å². The third kappa shape index (κ3) is 4.71. The van der Waals surface area contributed by atoms with E-state index < -0.39 is 12.1 Å². The Kier molecular flexibility index (Phi) is 6.39. The molecule has 3 N–H and O–H groups in total. The molecule has 8 nitrogen and oxygen atoms in total. The van der Waals surface area contributed by atoms with Gasteiger partial charge in [0.2, 0.25) is 12.6 Å². The van der Waals surface area contributed by atoms with E-state index in [1.165, 1.54) is 12.3 Å². The molecule has 0 fully saturated rings. The molecule has 5 rings (SSSR count). The number of nitrogens with two attached hydrogens (primary N) is 1. The number of aromatic nitrogens is 1. The van der Waals surface area contributed by atoms with Crippen LogP contribution in [0.25, 0.3) is 10.9 Å². The zero-order valence-electron chi connectivity index (χ0n) is 18.6. The molecule has 0 saturated heterocycles. The minimum absolute atomic E-state index is 0.0904. The van der Waals surface area contributed by atoms with Crippen molar-refractivity contribution in [2.75, 3.05) is 13.3 Å². The van der Waals surface area contributed by atoms with Gasteiger partial charge in [-0.2, -0.15) is 0 Å². The van der Waals surface area contributed by atoms with E-state index in [0.717, 1.165) is 22.0 Å². The number of benzene rings is 2. The van der Waals surface area contributed by atoms with E-state index in [0.29, 0.717) is 41.8 Å². The molecule has 0 spiro atoms. The van der Waals surface area contributed by atoms with Gasteiger partial charge in [0.05, 0.1) is 6.54 Å². The lowest BCUT2D eigenvalue weighted by Gasteiger charge is -2.20. The molecule has 1 aliphatic rings. The quantitative estimate of drug-likeness (QED) is 0.333. The lowest BCUT2D eigenvalue weighted by atomic mass is 10.1. The highest BCUT2D eigenvalue weighted by Gasteiger charge is 2.26. The lowest BCUT2D eigenvalue weighted by Crippen LogP contribution is -2.12. The number of fused-ring (bicyclic) bond motifs is 1. The number of carbonyl (C=O) groups is 1. The maximum Gasteiger partial charge on any atom is 0.371 e. The van der Waals surface area contributed by atoms with Gasteiger partial charge >= 0.3 is 5.97 Å². The van der Waals surface area contributed by atoms with E-state index in [9.17, 15) is 4.79 Å². The van der Waals surface area contributed by atoms with Crippen molar-refractivity contribution in [1.82, 2.24) is 4.57 Å². The maximum absolute atomic E-state index is 11.2. The highest BCUT2D eigenvalue weighted by molar-refractivity contribution is 6.31. The Labute approximate surface area is 206 Å². The molecule has 180 valence electrons. The first kappa shape index (κ1) is 22.9. The molecule has 3 heterocycles. The second-order valence-electron chi connectivity index (χ2n) is 8.04. The Hall–Kier alpha value is -3.88. The SMILES string of the molecule is NCCc1cn(Cc2ccc(C(=O)O)o2)c2ccc(OC(C3=COCO3)c3ccccc3Cl)cc12. The molecule has 1 aliphatic heterocycles. The summed E-state index contributed by atoms with van der Waals surface area (Å²) in [4.78, 5) is 11.2. The molecule has 0 aliphatic carbocycles. The van der Waals surface area contributed by atoms with Crippen LogP contribution in [0.15, 0.2) is 77.2 Å². The maximum atomic E-state index is 11.2. The van der Waals surface area contributed by atoms with Gasteiger partial charge in [-0.1, -0.05) is 29.8 Å². The van der Waals surface area contributed by atoms with Gasteiger partial charge in [0, 0.05) is 27.7 Å². The third-order valence-electron chi connectivity index (χ3n) is 5.74. The van der Waals surface area contributed by atoms with Gasteiger partial charge in [0.1, 0.15) is 17.8 Å². The molecular weight excluding hydrogens is 472 g/mol. The Bertz CT molecular complexity index is 1410. The van der Waals surface area contributed by atoms with Crippen molar-refractivity contribution in [3.8, 4) is 5.75 Å². The van der Waals surface area contributed by atoms with E-state index >= 15 is 0 Å². The topological polar surface area (TPSA) is 109 Å². The largest absolute Gasteiger partial charge is 0.478 e. The molecule has 0 amide bonds. The molecule has 0 radical (unpaired) electrons. The standard InChI is InChI=1S/C26H23ClN2O6/c27-21-4-2-1-3-19(21)25(24-14-32-15-33-24)35-17-5-7-22-20(11-17)16(9-10-28)12-29(22)13-18-6-8-23(34-18)26(30)31/h1-8,11-12,14,25H,9-10,13,15,28H2,(H,30,31). The molecule has 1 atom stereocenters. The Balaban J connectivity index is 1.49. The van der Waals surface area contributed by atoms with Gasteiger partial charge in [0.15, 0.2) is 11.9 Å². The summed E-state index contributed by atoms with van der Waals surface area (Å²) in [6, 6.07) is 16.3. The van der Waals surface area contributed by atoms with Crippen LogP contribution < -0.4 is 10.5 Å². The predicted octanol–water partition coefficient (Wildman–Crippen LogP) is 5.10. The second kappa shape index (κ2) is 9.77. The molecular formula is C26H23ClN2O6. The third-order valence-corrected chi connectivity index (χ3v) is 6.08. The molecule has 1 unspecified atom stereocenters. The van der Waals surface area contributed by atoms with Crippen LogP contribution in [0.4, 0.5) is 0 Å². The first-order chi connectivity index (χ1) is 17.0. The zero-order valence-corrected chi connectivity index (χ0v) is 19.4. The van der Waals surface area contributed by atoms with Gasteiger partial charge in [-0.15, -0.1) is 0 Å². The van der Waals surface area contributed by atoms with Crippen molar-refractivity contribution < 1.29 is 28.5 Å². The van der Waals surface area contributed by atoms with Crippen LogP contribution in [0, 0.1) is 0 Å². The Morgan fingerprint density at radius 1 is 1.20 bits per heavy atom. The molecule has 0 saturated carbocycles. The summed E-state index contributed by atoms with van der Waals surface area (Å²) in [5.41, 5.74) is 8.62. The number of carboxylic acids is 1. The first-order valence-corrected chi connectivity index (χ1v) is 11.4. The number of furan rings is 1. The minimum Gasteiger partial charge on any atom is -0.478 e. The smallest absolute Gasteiger partial charge is 0.371 e. The Morgan fingerprint density at radius 3 is 2.77 bits per heavy atom. The van der Waals surface area contributed by atoms with E-state index in [-0.39, 0.29) is 12.6 Å². The average molecular weight is 495 g/mol. The highest BCUT2D eigenvalue weighted by Crippen LogP contribution is 2.36. The van der Waals surface area contributed by atoms with Crippen LogP contribution in [0.5, 0.6) is 5.75 Å². The van der Waals surface area contributed by atoms with Crippen LogP contribution in [0.2, 0.25) is 5.02 Å². The molecule has 2 aromatic carbocycles. The number of carboxylic acid groups (broad SMARTS) is 1. The number of rotatable bonds is 9. The van der Waals surface area contributed by atoms with Crippen LogP contribution >= 0.6 is 11.6 Å². The highest BCUT2D eigenvalue weighted by atomic mass is 35.5. The van der Waals surface area contributed by atoms with Crippen molar-refractivity contribution >= 4 is 28.5 Å². The fraction of sp³-hybridized carbons (Fsp3) is 0.192. The fourth-order valence-corrected chi connectivity index (χ4v) is 4.38. The van der Waals surface area contributed by atoms with Gasteiger partial charge in [0.25, 0.3) is 0 Å². The summed E-state index contributed by atoms with van der Waals surface area (Å²) in [6.45, 7) is 0.988. The summed E-state index contributed by atoms with van der Waals surface area (Å²) in [7, 11) is 0. The van der Waals surface area contributed by atoms with E-state index in [1.54, 1.807) is 12.1 Å². The van der Waals surface area contributed by atoms with Crippen molar-refractivity contribution in [1.29, 1.82) is 0 Å². The van der Waals surface area contributed by atoms with Crippen LogP contribution in [-0.2, 0) is 22.4 Å². The predicted molar refractivity (Wildman–Crippen MR) is 129 cm³/mol. The number of hydrogen-bond donors (Lipinski definition) is 2. The van der Waals surface area contributed by atoms with Crippen LogP contribution in [0.3, 0.4) is 0 Å². The van der Waals surface area contributed by atoms with E-state index in [4.69, 9.17) is 41.1 Å². The van der Waals surface area contributed by atoms with Crippen molar-refractivity contribution in [3.63, 3.8) is 0 Å². The summed E-state index contributed by atoms with van der Waals surface area (Å²) in [5.74, 6) is 0.514. The molecule has 2 aromatic heterocycles. The average Bonchev–Trinajstić information content (AvgIpc) is 3.60. The van der Waals surface area contributed by atoms with Crippen molar-refractivity contribution in [3.05, 3.63) is 100 Å².